The predicted octanol–water partition coefficient (Wildman–Crippen LogP) is 4.07. The van der Waals surface area contributed by atoms with Crippen molar-refractivity contribution in [2.75, 3.05) is 7.05 Å². The third-order valence-electron chi connectivity index (χ3n) is 2.80. The van der Waals surface area contributed by atoms with Crippen molar-refractivity contribution >= 4 is 11.6 Å². The van der Waals surface area contributed by atoms with Gasteiger partial charge in [0.1, 0.15) is 17.5 Å². The summed E-state index contributed by atoms with van der Waals surface area (Å²) in [5, 5.41) is 2.79. The van der Waals surface area contributed by atoms with Crippen LogP contribution in [-0.4, -0.2) is 7.05 Å². The fourth-order valence-corrected chi connectivity index (χ4v) is 2.17. The molecule has 0 fully saturated rings. The van der Waals surface area contributed by atoms with Gasteiger partial charge in [0.25, 0.3) is 0 Å². The van der Waals surface area contributed by atoms with Crippen LogP contribution in [0.25, 0.3) is 0 Å². The molecular weight excluding hydrogens is 275 g/mol. The molecule has 0 saturated heterocycles. The normalized spacial score (nSPS) is 12.5. The number of benzene rings is 2. The van der Waals surface area contributed by atoms with Crippen molar-refractivity contribution in [3.63, 3.8) is 0 Å². The van der Waals surface area contributed by atoms with Crippen LogP contribution in [0.2, 0.25) is 5.02 Å². The molecule has 0 aliphatic carbocycles. The van der Waals surface area contributed by atoms with Gasteiger partial charge in [-0.25, -0.2) is 13.2 Å². The van der Waals surface area contributed by atoms with Crippen LogP contribution >= 0.6 is 11.6 Å². The van der Waals surface area contributed by atoms with Crippen LogP contribution in [0.5, 0.6) is 0 Å². The summed E-state index contributed by atoms with van der Waals surface area (Å²) in [6, 6.07) is 6.93. The van der Waals surface area contributed by atoms with Crippen LogP contribution < -0.4 is 5.32 Å². The lowest BCUT2D eigenvalue weighted by molar-refractivity contribution is 0.556. The van der Waals surface area contributed by atoms with Gasteiger partial charge in [0.2, 0.25) is 0 Å². The topological polar surface area (TPSA) is 12.0 Å². The summed E-state index contributed by atoms with van der Waals surface area (Å²) in [5.41, 5.74) is 0.529. The lowest BCUT2D eigenvalue weighted by atomic mass is 9.98. The van der Waals surface area contributed by atoms with Crippen molar-refractivity contribution < 1.29 is 13.2 Å². The van der Waals surface area contributed by atoms with Gasteiger partial charge in [0.15, 0.2) is 0 Å². The highest BCUT2D eigenvalue weighted by Crippen LogP contribution is 2.28. The second-order valence-electron chi connectivity index (χ2n) is 4.07. The fourth-order valence-electron chi connectivity index (χ4n) is 1.99. The van der Waals surface area contributed by atoms with Crippen molar-refractivity contribution in [2.45, 2.75) is 6.04 Å². The average molecular weight is 286 g/mol. The number of hydrogen-bond acceptors (Lipinski definition) is 1. The van der Waals surface area contributed by atoms with E-state index in [2.05, 4.69) is 5.32 Å². The molecule has 0 amide bonds. The zero-order valence-corrected chi connectivity index (χ0v) is 10.8. The quantitative estimate of drug-likeness (QED) is 0.896. The molecule has 0 aliphatic rings. The highest BCUT2D eigenvalue weighted by molar-refractivity contribution is 6.30. The van der Waals surface area contributed by atoms with Gasteiger partial charge in [-0.05, 0) is 30.8 Å². The second kappa shape index (κ2) is 5.63. The zero-order valence-electron chi connectivity index (χ0n) is 10.1. The Balaban J connectivity index is 2.53. The molecule has 1 nitrogen and oxygen atoms in total. The van der Waals surface area contributed by atoms with E-state index in [1.807, 2.05) is 0 Å². The van der Waals surface area contributed by atoms with Gasteiger partial charge in [-0.15, -0.1) is 0 Å². The van der Waals surface area contributed by atoms with Crippen molar-refractivity contribution in [3.8, 4) is 0 Å². The minimum absolute atomic E-state index is 0.0328. The first kappa shape index (κ1) is 13.9. The van der Waals surface area contributed by atoms with E-state index in [9.17, 15) is 13.2 Å². The van der Waals surface area contributed by atoms with Crippen LogP contribution in [0, 0.1) is 17.5 Å². The van der Waals surface area contributed by atoms with Gasteiger partial charge in [-0.3, -0.25) is 0 Å². The molecule has 19 heavy (non-hydrogen) atoms. The summed E-state index contributed by atoms with van der Waals surface area (Å²) in [6.07, 6.45) is 0. The van der Waals surface area contributed by atoms with Gasteiger partial charge >= 0.3 is 0 Å². The van der Waals surface area contributed by atoms with Crippen LogP contribution in [-0.2, 0) is 0 Å². The summed E-state index contributed by atoms with van der Waals surface area (Å²) in [4.78, 5) is 0. The second-order valence-corrected chi connectivity index (χ2v) is 4.47. The highest BCUT2D eigenvalue weighted by Gasteiger charge is 2.19. The van der Waals surface area contributed by atoms with E-state index in [-0.39, 0.29) is 10.6 Å². The summed E-state index contributed by atoms with van der Waals surface area (Å²) in [7, 11) is 1.58. The Hall–Kier alpha value is -1.52. The van der Waals surface area contributed by atoms with Crippen molar-refractivity contribution in [3.05, 3.63) is 70.0 Å². The smallest absolute Gasteiger partial charge is 0.146 e. The van der Waals surface area contributed by atoms with Crippen LogP contribution in [0.1, 0.15) is 17.2 Å². The van der Waals surface area contributed by atoms with Crippen LogP contribution in [0.15, 0.2) is 36.4 Å². The third kappa shape index (κ3) is 2.91. The Morgan fingerprint density at radius 3 is 2.26 bits per heavy atom. The molecule has 0 radical (unpaired) electrons. The molecule has 1 unspecified atom stereocenters. The van der Waals surface area contributed by atoms with Crippen molar-refractivity contribution in [2.24, 2.45) is 0 Å². The van der Waals surface area contributed by atoms with Gasteiger partial charge in [-0.2, -0.15) is 0 Å². The molecule has 1 atom stereocenters. The third-order valence-corrected chi connectivity index (χ3v) is 3.09. The molecule has 5 heteroatoms. The number of halogens is 4. The van der Waals surface area contributed by atoms with Crippen LogP contribution in [0.4, 0.5) is 13.2 Å². The summed E-state index contributed by atoms with van der Waals surface area (Å²) in [5.74, 6) is -2.02. The maximum absolute atomic E-state index is 14.0. The average Bonchev–Trinajstić information content (AvgIpc) is 2.34. The Morgan fingerprint density at radius 2 is 1.68 bits per heavy atom. The zero-order chi connectivity index (χ0) is 14.0. The Kier molecular flexibility index (Phi) is 4.12. The first-order chi connectivity index (χ1) is 9.02. The standard InChI is InChI=1S/C14H11ClF3N/c1-19-14(8-5-9(16)7-10(17)6-8)11-3-2-4-12(15)13(11)18/h2-7,14,19H,1H3. The van der Waals surface area contributed by atoms with E-state index in [4.69, 9.17) is 11.6 Å². The van der Waals surface area contributed by atoms with Crippen molar-refractivity contribution in [1.82, 2.24) is 5.32 Å². The molecule has 0 aliphatic heterocycles. The van der Waals surface area contributed by atoms with Gasteiger partial charge < -0.3 is 5.32 Å². The van der Waals surface area contributed by atoms with Gasteiger partial charge in [-0.1, -0.05) is 23.7 Å². The number of nitrogens with one attached hydrogen (secondary N) is 1. The van der Waals surface area contributed by atoms with Crippen molar-refractivity contribution in [1.29, 1.82) is 0 Å². The molecule has 0 spiro atoms. The Labute approximate surface area is 114 Å². The molecule has 1 N–H and O–H groups in total. The maximum Gasteiger partial charge on any atom is 0.146 e. The minimum Gasteiger partial charge on any atom is -0.309 e. The molecular formula is C14H11ClF3N. The Bertz CT molecular complexity index is 581. The molecule has 0 bridgehead atoms. The molecule has 2 rings (SSSR count). The summed E-state index contributed by atoms with van der Waals surface area (Å²) < 4.78 is 40.4. The van der Waals surface area contributed by atoms with E-state index < -0.39 is 23.5 Å². The molecule has 100 valence electrons. The van der Waals surface area contributed by atoms with Gasteiger partial charge in [0, 0.05) is 11.6 Å². The first-order valence-electron chi connectivity index (χ1n) is 5.60. The summed E-state index contributed by atoms with van der Waals surface area (Å²) in [6.45, 7) is 0. The monoisotopic (exact) mass is 285 g/mol. The SMILES string of the molecule is CNC(c1cc(F)cc(F)c1)c1cccc(Cl)c1F. The van der Waals surface area contributed by atoms with E-state index in [0.29, 0.717) is 5.56 Å². The number of rotatable bonds is 3. The maximum atomic E-state index is 14.0. The van der Waals surface area contributed by atoms with E-state index >= 15 is 0 Å². The lowest BCUT2D eigenvalue weighted by Crippen LogP contribution is -2.19. The molecule has 0 aromatic heterocycles. The number of hydrogen-bond donors (Lipinski definition) is 1. The largest absolute Gasteiger partial charge is 0.309 e. The minimum atomic E-state index is -0.710. The van der Waals surface area contributed by atoms with E-state index in [0.717, 1.165) is 18.2 Å². The first-order valence-corrected chi connectivity index (χ1v) is 5.98. The summed E-state index contributed by atoms with van der Waals surface area (Å²) >= 11 is 5.71. The lowest BCUT2D eigenvalue weighted by Gasteiger charge is -2.18. The molecule has 2 aromatic rings. The molecule has 0 heterocycles. The van der Waals surface area contributed by atoms with Gasteiger partial charge in [0.05, 0.1) is 11.1 Å². The predicted molar refractivity (Wildman–Crippen MR) is 68.7 cm³/mol. The molecule has 0 saturated carbocycles. The fraction of sp³-hybridized carbons (Fsp3) is 0.143. The van der Waals surface area contributed by atoms with E-state index in [1.54, 1.807) is 13.1 Å². The highest BCUT2D eigenvalue weighted by atomic mass is 35.5. The van der Waals surface area contributed by atoms with Crippen LogP contribution in [0.3, 0.4) is 0 Å². The molecule has 2 aromatic carbocycles. The Morgan fingerprint density at radius 1 is 1.05 bits per heavy atom. The van der Waals surface area contributed by atoms with E-state index in [1.165, 1.54) is 12.1 Å².